The molecule has 1 atom stereocenters. The number of nitrogens with one attached hydrogen (secondary N) is 1. The SMILES string of the molecule is CCC(CNC)ON. The van der Waals surface area contributed by atoms with Gasteiger partial charge in [0.15, 0.2) is 0 Å². The third-order valence-corrected chi connectivity index (χ3v) is 1.08. The van der Waals surface area contributed by atoms with Crippen molar-refractivity contribution in [2.24, 2.45) is 5.90 Å². The lowest BCUT2D eigenvalue weighted by molar-refractivity contribution is 0.0522. The highest BCUT2D eigenvalue weighted by atomic mass is 16.6. The molecule has 0 saturated carbocycles. The largest absolute Gasteiger partial charge is 0.317 e. The van der Waals surface area contributed by atoms with Crippen LogP contribution in [0.2, 0.25) is 0 Å². The van der Waals surface area contributed by atoms with Gasteiger partial charge in [-0.2, -0.15) is 0 Å². The van der Waals surface area contributed by atoms with E-state index in [1.54, 1.807) is 0 Å². The van der Waals surface area contributed by atoms with Crippen molar-refractivity contribution in [2.75, 3.05) is 13.6 Å². The number of hydrogen-bond acceptors (Lipinski definition) is 3. The highest BCUT2D eigenvalue weighted by molar-refractivity contribution is 4.54. The second kappa shape index (κ2) is 5.03. The zero-order valence-electron chi connectivity index (χ0n) is 5.48. The van der Waals surface area contributed by atoms with Crippen molar-refractivity contribution in [3.63, 3.8) is 0 Å². The minimum absolute atomic E-state index is 0.167. The van der Waals surface area contributed by atoms with Gasteiger partial charge in [0, 0.05) is 6.54 Å². The van der Waals surface area contributed by atoms with Crippen molar-refractivity contribution < 1.29 is 4.84 Å². The summed E-state index contributed by atoms with van der Waals surface area (Å²) in [6, 6.07) is 0. The van der Waals surface area contributed by atoms with Crippen LogP contribution >= 0.6 is 0 Å². The van der Waals surface area contributed by atoms with Crippen LogP contribution in [0.1, 0.15) is 13.3 Å². The zero-order valence-corrected chi connectivity index (χ0v) is 5.48. The lowest BCUT2D eigenvalue weighted by Crippen LogP contribution is -2.28. The predicted octanol–water partition coefficient (Wildman–Crippen LogP) is -0.125. The Bertz CT molecular complexity index is 45.7. The Morgan fingerprint density at radius 3 is 2.50 bits per heavy atom. The molecule has 0 aromatic heterocycles. The van der Waals surface area contributed by atoms with Gasteiger partial charge in [-0.1, -0.05) is 6.92 Å². The Hall–Kier alpha value is -0.120. The summed E-state index contributed by atoms with van der Waals surface area (Å²) < 4.78 is 0. The molecule has 0 amide bonds. The van der Waals surface area contributed by atoms with Crippen LogP contribution in [0.5, 0.6) is 0 Å². The van der Waals surface area contributed by atoms with Gasteiger partial charge in [-0.25, -0.2) is 5.90 Å². The van der Waals surface area contributed by atoms with Gasteiger partial charge in [-0.05, 0) is 13.5 Å². The summed E-state index contributed by atoms with van der Waals surface area (Å²) in [5.41, 5.74) is 0. The fraction of sp³-hybridized carbons (Fsp3) is 1.00. The Kier molecular flexibility index (Phi) is 4.95. The lowest BCUT2D eigenvalue weighted by Gasteiger charge is -2.09. The van der Waals surface area contributed by atoms with Gasteiger partial charge in [-0.3, -0.25) is 4.84 Å². The van der Waals surface area contributed by atoms with Gasteiger partial charge in [0.25, 0.3) is 0 Å². The summed E-state index contributed by atoms with van der Waals surface area (Å²) in [5.74, 6) is 4.93. The molecule has 1 unspecified atom stereocenters. The summed E-state index contributed by atoms with van der Waals surface area (Å²) in [5, 5.41) is 2.96. The third-order valence-electron chi connectivity index (χ3n) is 1.08. The Labute approximate surface area is 50.2 Å². The first-order chi connectivity index (χ1) is 3.85. The van der Waals surface area contributed by atoms with Gasteiger partial charge in [0.1, 0.15) is 0 Å². The summed E-state index contributed by atoms with van der Waals surface area (Å²) >= 11 is 0. The number of rotatable bonds is 4. The summed E-state index contributed by atoms with van der Waals surface area (Å²) in [6.45, 7) is 2.86. The summed E-state index contributed by atoms with van der Waals surface area (Å²) in [4.78, 5) is 4.58. The summed E-state index contributed by atoms with van der Waals surface area (Å²) in [7, 11) is 1.88. The van der Waals surface area contributed by atoms with Crippen LogP contribution in [-0.4, -0.2) is 19.7 Å². The molecule has 0 aromatic carbocycles. The molecule has 0 heterocycles. The quantitative estimate of drug-likeness (QED) is 0.506. The minimum atomic E-state index is 0.167. The van der Waals surface area contributed by atoms with Crippen molar-refractivity contribution in [2.45, 2.75) is 19.4 Å². The van der Waals surface area contributed by atoms with Crippen LogP contribution in [0.3, 0.4) is 0 Å². The molecule has 0 bridgehead atoms. The van der Waals surface area contributed by atoms with Crippen LogP contribution in [0, 0.1) is 0 Å². The molecule has 0 aromatic rings. The van der Waals surface area contributed by atoms with Crippen molar-refractivity contribution >= 4 is 0 Å². The van der Waals surface area contributed by atoms with Crippen molar-refractivity contribution in [3.8, 4) is 0 Å². The second-order valence-electron chi connectivity index (χ2n) is 1.72. The van der Waals surface area contributed by atoms with Gasteiger partial charge >= 0.3 is 0 Å². The molecule has 0 radical (unpaired) electrons. The molecule has 0 rings (SSSR count). The van der Waals surface area contributed by atoms with Gasteiger partial charge in [-0.15, -0.1) is 0 Å². The molecular formula is C5H14N2O. The normalized spacial score (nSPS) is 13.9. The molecule has 3 heteroatoms. The maximum atomic E-state index is 4.93. The molecule has 0 saturated heterocycles. The molecule has 0 aliphatic heterocycles. The molecule has 0 aliphatic rings. The highest BCUT2D eigenvalue weighted by Crippen LogP contribution is 1.89. The van der Waals surface area contributed by atoms with E-state index in [1.165, 1.54) is 0 Å². The fourth-order valence-electron chi connectivity index (χ4n) is 0.516. The van der Waals surface area contributed by atoms with E-state index in [9.17, 15) is 0 Å². The van der Waals surface area contributed by atoms with E-state index in [2.05, 4.69) is 10.2 Å². The molecule has 0 fully saturated rings. The number of nitrogens with two attached hydrogens (primary N) is 1. The average Bonchev–Trinajstić information content (AvgIpc) is 1.83. The Morgan fingerprint density at radius 2 is 2.38 bits per heavy atom. The number of hydrogen-bond donors (Lipinski definition) is 2. The van der Waals surface area contributed by atoms with Gasteiger partial charge in [0.05, 0.1) is 6.10 Å². The first-order valence-corrected chi connectivity index (χ1v) is 2.85. The van der Waals surface area contributed by atoms with E-state index in [4.69, 9.17) is 5.90 Å². The monoisotopic (exact) mass is 118 g/mol. The van der Waals surface area contributed by atoms with Gasteiger partial charge in [0.2, 0.25) is 0 Å². The predicted molar refractivity (Wildman–Crippen MR) is 33.3 cm³/mol. The molecule has 3 nitrogen and oxygen atoms in total. The maximum Gasteiger partial charge on any atom is 0.0908 e. The highest BCUT2D eigenvalue weighted by Gasteiger charge is 2.00. The molecule has 0 aliphatic carbocycles. The van der Waals surface area contributed by atoms with E-state index < -0.39 is 0 Å². The Balaban J connectivity index is 3.07. The van der Waals surface area contributed by atoms with E-state index in [0.717, 1.165) is 13.0 Å². The third kappa shape index (κ3) is 2.96. The van der Waals surface area contributed by atoms with E-state index in [-0.39, 0.29) is 6.10 Å². The summed E-state index contributed by atoms with van der Waals surface area (Å²) in [6.07, 6.45) is 1.12. The molecule has 3 N–H and O–H groups in total. The molecule has 0 spiro atoms. The second-order valence-corrected chi connectivity index (χ2v) is 1.72. The van der Waals surface area contributed by atoms with Crippen LogP contribution < -0.4 is 11.2 Å². The maximum absolute atomic E-state index is 4.93. The smallest absolute Gasteiger partial charge is 0.0908 e. The fourth-order valence-corrected chi connectivity index (χ4v) is 0.516. The Morgan fingerprint density at radius 1 is 1.75 bits per heavy atom. The minimum Gasteiger partial charge on any atom is -0.317 e. The molecule has 50 valence electrons. The van der Waals surface area contributed by atoms with E-state index in [0.29, 0.717) is 0 Å². The number of likely N-dealkylation sites (N-methyl/N-ethyl adjacent to an activating group) is 1. The standard InChI is InChI=1S/C5H14N2O/c1-3-5(8-6)4-7-2/h5,7H,3-4,6H2,1-2H3. The van der Waals surface area contributed by atoms with Crippen LogP contribution in [-0.2, 0) is 4.84 Å². The molecule has 8 heavy (non-hydrogen) atoms. The van der Waals surface area contributed by atoms with Crippen LogP contribution in [0.25, 0.3) is 0 Å². The first-order valence-electron chi connectivity index (χ1n) is 2.85. The lowest BCUT2D eigenvalue weighted by atomic mass is 10.3. The topological polar surface area (TPSA) is 47.3 Å². The molecular weight excluding hydrogens is 104 g/mol. The van der Waals surface area contributed by atoms with Crippen molar-refractivity contribution in [3.05, 3.63) is 0 Å². The first kappa shape index (κ1) is 7.88. The van der Waals surface area contributed by atoms with E-state index >= 15 is 0 Å². The van der Waals surface area contributed by atoms with Crippen molar-refractivity contribution in [1.29, 1.82) is 0 Å². The van der Waals surface area contributed by atoms with Crippen LogP contribution in [0.4, 0.5) is 0 Å². The van der Waals surface area contributed by atoms with Crippen LogP contribution in [0.15, 0.2) is 0 Å². The van der Waals surface area contributed by atoms with Crippen molar-refractivity contribution in [1.82, 2.24) is 5.32 Å². The zero-order chi connectivity index (χ0) is 6.41. The van der Waals surface area contributed by atoms with E-state index in [1.807, 2.05) is 14.0 Å². The van der Waals surface area contributed by atoms with Gasteiger partial charge < -0.3 is 5.32 Å². The average molecular weight is 118 g/mol.